The Hall–Kier alpha value is -7.42. The molecule has 0 fully saturated rings. The van der Waals surface area contributed by atoms with Crippen LogP contribution in [0.5, 0.6) is 11.5 Å². The fraction of sp³-hybridized carbons (Fsp3) is 0.182. The van der Waals surface area contributed by atoms with Gasteiger partial charge in [-0.25, -0.2) is 0 Å². The molecule has 334 valence electrons. The van der Waals surface area contributed by atoms with Crippen LogP contribution in [0.1, 0.15) is 105 Å². The molecule has 0 aromatic heterocycles. The third-order valence-corrected chi connectivity index (χ3v) is 15.1. The highest BCUT2D eigenvalue weighted by atomic mass is 16.5. The van der Waals surface area contributed by atoms with E-state index in [0.29, 0.717) is 5.92 Å². The monoisotopic (exact) mass is 881 g/mol. The smallest absolute Gasteiger partial charge is 0.127 e. The largest absolute Gasteiger partial charge is 0.457 e. The number of rotatable bonds is 10. The SMILES string of the molecule is CCC(C)c1ccc(Oc2ccc(C3(c4ccc(C(C)(C)C)cc4)c4ccccc4-c4ccc(N(c5ccc(-c6ccccc6)cc5)c5ccc6c(c5)C(C)(C)c5ccccc5-6)cc43)cc2)cc1. The van der Waals surface area contributed by atoms with E-state index < -0.39 is 5.41 Å². The zero-order valence-corrected chi connectivity index (χ0v) is 40.3. The van der Waals surface area contributed by atoms with Gasteiger partial charge in [0.05, 0.1) is 5.41 Å². The Bertz CT molecular complexity index is 3280. The summed E-state index contributed by atoms with van der Waals surface area (Å²) in [5, 5.41) is 0. The molecule has 11 rings (SSSR count). The molecule has 0 N–H and O–H groups in total. The molecule has 0 saturated carbocycles. The molecule has 2 heteroatoms. The number of ether oxygens (including phenoxy) is 1. The van der Waals surface area contributed by atoms with Gasteiger partial charge in [-0.1, -0.05) is 200 Å². The highest BCUT2D eigenvalue weighted by Crippen LogP contribution is 2.58. The lowest BCUT2D eigenvalue weighted by Crippen LogP contribution is -2.29. The number of anilines is 3. The molecule has 2 atom stereocenters. The lowest BCUT2D eigenvalue weighted by atomic mass is 9.67. The summed E-state index contributed by atoms with van der Waals surface area (Å²) in [5.74, 6) is 2.17. The van der Waals surface area contributed by atoms with Crippen molar-refractivity contribution >= 4 is 17.1 Å². The summed E-state index contributed by atoms with van der Waals surface area (Å²) in [6, 6.07) is 78.9. The molecular weight excluding hydrogens is 823 g/mol. The van der Waals surface area contributed by atoms with Crippen molar-refractivity contribution in [1.29, 1.82) is 0 Å². The molecule has 2 aliphatic carbocycles. The predicted octanol–water partition coefficient (Wildman–Crippen LogP) is 18.1. The van der Waals surface area contributed by atoms with E-state index in [1.54, 1.807) is 0 Å². The van der Waals surface area contributed by atoms with E-state index in [9.17, 15) is 0 Å². The van der Waals surface area contributed by atoms with Crippen LogP contribution >= 0.6 is 0 Å². The molecule has 68 heavy (non-hydrogen) atoms. The number of fused-ring (bicyclic) bond motifs is 6. The first-order valence-electron chi connectivity index (χ1n) is 24.4. The van der Waals surface area contributed by atoms with Crippen molar-refractivity contribution in [3.05, 3.63) is 257 Å². The molecule has 0 radical (unpaired) electrons. The van der Waals surface area contributed by atoms with E-state index >= 15 is 0 Å². The van der Waals surface area contributed by atoms with Crippen LogP contribution in [-0.2, 0) is 16.2 Å². The standard InChI is InChI=1S/C66H59NO/c1-8-44(2)45-24-36-54(37-25-45)68-55-38-30-50(31-39-55)66(49-28-26-48(27-29-49)64(3,4)5)61-21-15-13-19-57(61)59-41-35-53(43-63(59)66)67(51-32-22-47(23-33-51)46-16-10-9-11-17-46)52-34-40-58-56-18-12-14-20-60(56)65(6,7)62(58)42-52/h9-44H,8H2,1-7H3. The van der Waals surface area contributed by atoms with Crippen LogP contribution in [0, 0.1) is 0 Å². The molecule has 2 aliphatic rings. The van der Waals surface area contributed by atoms with Crippen molar-refractivity contribution in [1.82, 2.24) is 0 Å². The van der Waals surface area contributed by atoms with Crippen molar-refractivity contribution < 1.29 is 4.74 Å². The Morgan fingerprint density at radius 2 is 0.926 bits per heavy atom. The third kappa shape index (κ3) is 7.17. The van der Waals surface area contributed by atoms with Crippen LogP contribution in [0.25, 0.3) is 33.4 Å². The Balaban J connectivity index is 1.10. The first kappa shape index (κ1) is 43.2. The van der Waals surface area contributed by atoms with Gasteiger partial charge in [-0.3, -0.25) is 0 Å². The third-order valence-electron chi connectivity index (χ3n) is 15.1. The minimum absolute atomic E-state index is 0.0124. The van der Waals surface area contributed by atoms with Crippen molar-refractivity contribution in [3.8, 4) is 44.9 Å². The average Bonchev–Trinajstić information content (AvgIpc) is 3.79. The molecule has 0 heterocycles. The van der Waals surface area contributed by atoms with Crippen molar-refractivity contribution in [2.75, 3.05) is 4.90 Å². The van der Waals surface area contributed by atoms with E-state index in [-0.39, 0.29) is 10.8 Å². The zero-order valence-electron chi connectivity index (χ0n) is 40.3. The molecule has 9 aromatic carbocycles. The quantitative estimate of drug-likeness (QED) is 0.136. The highest BCUT2D eigenvalue weighted by Gasteiger charge is 2.47. The Kier molecular flexibility index (Phi) is 10.6. The Morgan fingerprint density at radius 3 is 1.53 bits per heavy atom. The topological polar surface area (TPSA) is 12.5 Å². The van der Waals surface area contributed by atoms with Gasteiger partial charge in [-0.2, -0.15) is 0 Å². The maximum Gasteiger partial charge on any atom is 0.127 e. The average molecular weight is 882 g/mol. The summed E-state index contributed by atoms with van der Waals surface area (Å²) in [4.78, 5) is 2.47. The van der Waals surface area contributed by atoms with Gasteiger partial charge in [-0.15, -0.1) is 0 Å². The molecule has 0 amide bonds. The van der Waals surface area contributed by atoms with Crippen LogP contribution in [0.4, 0.5) is 17.1 Å². The lowest BCUT2D eigenvalue weighted by molar-refractivity contribution is 0.481. The van der Waals surface area contributed by atoms with Crippen LogP contribution in [-0.4, -0.2) is 0 Å². The number of nitrogens with zero attached hydrogens (tertiary/aromatic N) is 1. The summed E-state index contributed by atoms with van der Waals surface area (Å²) in [6.07, 6.45) is 1.11. The first-order chi connectivity index (χ1) is 32.9. The fourth-order valence-corrected chi connectivity index (χ4v) is 11.1. The Labute approximate surface area is 403 Å². The van der Waals surface area contributed by atoms with Gasteiger partial charge in [0.1, 0.15) is 11.5 Å². The maximum absolute atomic E-state index is 6.54. The maximum atomic E-state index is 6.54. The minimum Gasteiger partial charge on any atom is -0.457 e. The summed E-state index contributed by atoms with van der Waals surface area (Å²) < 4.78 is 6.54. The Morgan fingerprint density at radius 1 is 0.456 bits per heavy atom. The van der Waals surface area contributed by atoms with Gasteiger partial charge in [0, 0.05) is 22.5 Å². The van der Waals surface area contributed by atoms with E-state index in [1.807, 2.05) is 0 Å². The van der Waals surface area contributed by atoms with Gasteiger partial charge in [-0.05, 0) is 156 Å². The van der Waals surface area contributed by atoms with Gasteiger partial charge in [0.2, 0.25) is 0 Å². The lowest BCUT2D eigenvalue weighted by Gasteiger charge is -2.35. The van der Waals surface area contributed by atoms with E-state index in [0.717, 1.165) is 35.0 Å². The molecule has 0 spiro atoms. The van der Waals surface area contributed by atoms with E-state index in [2.05, 4.69) is 266 Å². The van der Waals surface area contributed by atoms with Crippen molar-refractivity contribution in [2.24, 2.45) is 0 Å². The minimum atomic E-state index is -0.626. The first-order valence-corrected chi connectivity index (χ1v) is 24.4. The van der Waals surface area contributed by atoms with Crippen LogP contribution in [0.2, 0.25) is 0 Å². The molecule has 0 bridgehead atoms. The number of benzene rings is 9. The normalized spacial score (nSPS) is 15.8. The van der Waals surface area contributed by atoms with Crippen LogP contribution in [0.15, 0.2) is 212 Å². The number of hydrogen-bond acceptors (Lipinski definition) is 2. The van der Waals surface area contributed by atoms with Gasteiger partial charge in [0.15, 0.2) is 0 Å². The fourth-order valence-electron chi connectivity index (χ4n) is 11.1. The second kappa shape index (κ2) is 16.7. The van der Waals surface area contributed by atoms with Crippen LogP contribution in [0.3, 0.4) is 0 Å². The second-order valence-corrected chi connectivity index (χ2v) is 20.5. The second-order valence-electron chi connectivity index (χ2n) is 20.5. The summed E-state index contributed by atoms with van der Waals surface area (Å²) in [5.41, 5.74) is 20.4. The number of hydrogen-bond donors (Lipinski definition) is 0. The molecule has 9 aromatic rings. The summed E-state index contributed by atoms with van der Waals surface area (Å²) in [7, 11) is 0. The summed E-state index contributed by atoms with van der Waals surface area (Å²) in [6.45, 7) is 16.1. The molecule has 0 aliphatic heterocycles. The van der Waals surface area contributed by atoms with Crippen molar-refractivity contribution in [2.45, 2.75) is 77.0 Å². The van der Waals surface area contributed by atoms with Crippen LogP contribution < -0.4 is 9.64 Å². The molecule has 2 nitrogen and oxygen atoms in total. The zero-order chi connectivity index (χ0) is 46.8. The van der Waals surface area contributed by atoms with Gasteiger partial charge in [0.25, 0.3) is 0 Å². The molecule has 0 saturated heterocycles. The molecular formula is C66H59NO. The highest BCUT2D eigenvalue weighted by molar-refractivity contribution is 5.91. The van der Waals surface area contributed by atoms with Gasteiger partial charge >= 0.3 is 0 Å². The summed E-state index contributed by atoms with van der Waals surface area (Å²) >= 11 is 0. The van der Waals surface area contributed by atoms with Gasteiger partial charge < -0.3 is 9.64 Å². The van der Waals surface area contributed by atoms with E-state index in [4.69, 9.17) is 4.74 Å². The predicted molar refractivity (Wildman–Crippen MR) is 285 cm³/mol. The van der Waals surface area contributed by atoms with Crippen molar-refractivity contribution in [3.63, 3.8) is 0 Å². The molecule has 2 unspecified atom stereocenters. The van der Waals surface area contributed by atoms with E-state index in [1.165, 1.54) is 77.9 Å².